The zero-order valence-corrected chi connectivity index (χ0v) is 14.0. The van der Waals surface area contributed by atoms with Crippen LogP contribution in [0.4, 0.5) is 0 Å². The SMILES string of the molecule is CN(C)CCn1ncc(Cl)c1C(O)CCC1CCCCC1. The molecule has 5 heteroatoms. The summed E-state index contributed by atoms with van der Waals surface area (Å²) in [6.07, 6.45) is 9.75. The third kappa shape index (κ3) is 4.97. The van der Waals surface area contributed by atoms with Crippen LogP contribution in [0.15, 0.2) is 6.20 Å². The summed E-state index contributed by atoms with van der Waals surface area (Å²) >= 11 is 6.22. The first kappa shape index (κ1) is 16.8. The highest BCUT2D eigenvalue weighted by Crippen LogP contribution is 2.32. The first-order valence-corrected chi connectivity index (χ1v) is 8.49. The molecule has 0 radical (unpaired) electrons. The number of hydrogen-bond acceptors (Lipinski definition) is 3. The molecule has 1 aliphatic rings. The molecule has 0 amide bonds. The van der Waals surface area contributed by atoms with E-state index in [-0.39, 0.29) is 0 Å². The van der Waals surface area contributed by atoms with Gasteiger partial charge in [-0.05, 0) is 32.9 Å². The number of likely N-dealkylation sites (N-methyl/N-ethyl adjacent to an activating group) is 1. The molecule has 1 heterocycles. The number of aliphatic hydroxyl groups is 1. The van der Waals surface area contributed by atoms with Gasteiger partial charge in [0.2, 0.25) is 0 Å². The van der Waals surface area contributed by atoms with Gasteiger partial charge in [0.25, 0.3) is 0 Å². The summed E-state index contributed by atoms with van der Waals surface area (Å²) in [6, 6.07) is 0. The van der Waals surface area contributed by atoms with Gasteiger partial charge in [-0.25, -0.2) is 0 Å². The van der Waals surface area contributed by atoms with Crippen molar-refractivity contribution in [3.63, 3.8) is 0 Å². The lowest BCUT2D eigenvalue weighted by Crippen LogP contribution is -2.21. The molecule has 0 bridgehead atoms. The van der Waals surface area contributed by atoms with E-state index in [4.69, 9.17) is 11.6 Å². The predicted molar refractivity (Wildman–Crippen MR) is 86.6 cm³/mol. The fourth-order valence-electron chi connectivity index (χ4n) is 3.18. The summed E-state index contributed by atoms with van der Waals surface area (Å²) in [7, 11) is 4.06. The average Bonchev–Trinajstić information content (AvgIpc) is 2.85. The Morgan fingerprint density at radius 2 is 2.10 bits per heavy atom. The summed E-state index contributed by atoms with van der Waals surface area (Å²) < 4.78 is 1.86. The van der Waals surface area contributed by atoms with Crippen molar-refractivity contribution < 1.29 is 5.11 Å². The second-order valence-electron chi connectivity index (χ2n) is 6.50. The van der Waals surface area contributed by atoms with Crippen molar-refractivity contribution >= 4 is 11.6 Å². The standard InChI is InChI=1S/C16H28ClN3O/c1-19(2)10-11-20-16(14(17)12-18-20)15(21)9-8-13-6-4-3-5-7-13/h12-13,15,21H,3-11H2,1-2H3. The van der Waals surface area contributed by atoms with E-state index in [2.05, 4.69) is 10.00 Å². The van der Waals surface area contributed by atoms with Crippen LogP contribution in [0, 0.1) is 5.92 Å². The molecule has 1 aromatic rings. The predicted octanol–water partition coefficient (Wildman–Crippen LogP) is 3.49. The first-order valence-electron chi connectivity index (χ1n) is 8.12. The Kier molecular flexibility index (Phi) is 6.52. The maximum atomic E-state index is 10.5. The number of aromatic nitrogens is 2. The molecule has 1 atom stereocenters. The normalized spacial score (nSPS) is 18.3. The highest BCUT2D eigenvalue weighted by molar-refractivity contribution is 6.31. The Hall–Kier alpha value is -0.580. The quantitative estimate of drug-likeness (QED) is 0.837. The van der Waals surface area contributed by atoms with Crippen LogP contribution in [0.2, 0.25) is 5.02 Å². The van der Waals surface area contributed by atoms with Crippen LogP contribution in [0.5, 0.6) is 0 Å². The lowest BCUT2D eigenvalue weighted by atomic mass is 9.85. The van der Waals surface area contributed by atoms with E-state index in [1.165, 1.54) is 32.1 Å². The fourth-order valence-corrected chi connectivity index (χ4v) is 3.45. The average molecular weight is 314 g/mol. The van der Waals surface area contributed by atoms with Crippen LogP contribution in [0.3, 0.4) is 0 Å². The van der Waals surface area contributed by atoms with E-state index in [1.54, 1.807) is 6.20 Å². The van der Waals surface area contributed by atoms with Crippen LogP contribution in [0.1, 0.15) is 56.7 Å². The molecule has 0 aromatic carbocycles. The molecule has 0 aliphatic heterocycles. The number of nitrogens with zero attached hydrogens (tertiary/aromatic N) is 3. The second-order valence-corrected chi connectivity index (χ2v) is 6.91. The Morgan fingerprint density at radius 1 is 1.38 bits per heavy atom. The van der Waals surface area contributed by atoms with Crippen molar-refractivity contribution in [3.05, 3.63) is 16.9 Å². The van der Waals surface area contributed by atoms with Crippen molar-refractivity contribution in [3.8, 4) is 0 Å². The molecule has 1 fully saturated rings. The molecule has 2 rings (SSSR count). The molecule has 1 N–H and O–H groups in total. The van der Waals surface area contributed by atoms with Crippen molar-refractivity contribution in [1.82, 2.24) is 14.7 Å². The van der Waals surface area contributed by atoms with Gasteiger partial charge in [-0.1, -0.05) is 43.7 Å². The Morgan fingerprint density at radius 3 is 2.76 bits per heavy atom. The summed E-state index contributed by atoms with van der Waals surface area (Å²) in [5.74, 6) is 0.783. The molecule has 120 valence electrons. The van der Waals surface area contributed by atoms with Gasteiger partial charge >= 0.3 is 0 Å². The first-order chi connectivity index (χ1) is 10.1. The summed E-state index contributed by atoms with van der Waals surface area (Å²) in [5, 5.41) is 15.4. The number of rotatable bonds is 7. The Labute approximate surface area is 133 Å². The fraction of sp³-hybridized carbons (Fsp3) is 0.812. The maximum Gasteiger partial charge on any atom is 0.0971 e. The molecule has 1 aromatic heterocycles. The number of aliphatic hydroxyl groups excluding tert-OH is 1. The van der Waals surface area contributed by atoms with E-state index in [1.807, 2.05) is 18.8 Å². The highest BCUT2D eigenvalue weighted by atomic mass is 35.5. The summed E-state index contributed by atoms with van der Waals surface area (Å²) in [6.45, 7) is 1.65. The third-order valence-electron chi connectivity index (χ3n) is 4.48. The maximum absolute atomic E-state index is 10.5. The molecule has 4 nitrogen and oxygen atoms in total. The van der Waals surface area contributed by atoms with Gasteiger partial charge in [0, 0.05) is 6.54 Å². The minimum atomic E-state index is -0.496. The summed E-state index contributed by atoms with van der Waals surface area (Å²) in [4.78, 5) is 2.10. The van der Waals surface area contributed by atoms with E-state index < -0.39 is 6.10 Å². The molecular weight excluding hydrogens is 286 g/mol. The van der Waals surface area contributed by atoms with Gasteiger partial charge in [0.1, 0.15) is 0 Å². The second kappa shape index (κ2) is 8.16. The number of halogens is 1. The van der Waals surface area contributed by atoms with Crippen molar-refractivity contribution in [2.45, 2.75) is 57.6 Å². The summed E-state index contributed by atoms with van der Waals surface area (Å²) in [5.41, 5.74) is 0.786. The topological polar surface area (TPSA) is 41.3 Å². The lowest BCUT2D eigenvalue weighted by Gasteiger charge is -2.23. The van der Waals surface area contributed by atoms with Gasteiger partial charge in [-0.15, -0.1) is 0 Å². The number of hydrogen-bond donors (Lipinski definition) is 1. The van der Waals surface area contributed by atoms with Crippen LogP contribution in [0.25, 0.3) is 0 Å². The molecule has 1 aliphatic carbocycles. The largest absolute Gasteiger partial charge is 0.387 e. The lowest BCUT2D eigenvalue weighted by molar-refractivity contribution is 0.140. The van der Waals surface area contributed by atoms with E-state index in [0.717, 1.165) is 37.5 Å². The third-order valence-corrected chi connectivity index (χ3v) is 4.77. The van der Waals surface area contributed by atoms with Gasteiger partial charge in [-0.3, -0.25) is 4.68 Å². The minimum Gasteiger partial charge on any atom is -0.387 e. The highest BCUT2D eigenvalue weighted by Gasteiger charge is 2.21. The molecule has 21 heavy (non-hydrogen) atoms. The molecule has 1 unspecified atom stereocenters. The van der Waals surface area contributed by atoms with E-state index in [9.17, 15) is 5.11 Å². The molecular formula is C16H28ClN3O. The molecule has 0 spiro atoms. The van der Waals surface area contributed by atoms with Crippen LogP contribution < -0.4 is 0 Å². The van der Waals surface area contributed by atoms with E-state index >= 15 is 0 Å². The Balaban J connectivity index is 1.91. The van der Waals surface area contributed by atoms with E-state index in [0.29, 0.717) is 5.02 Å². The van der Waals surface area contributed by atoms with Crippen molar-refractivity contribution in [2.75, 3.05) is 20.6 Å². The van der Waals surface area contributed by atoms with Gasteiger partial charge in [0.05, 0.1) is 29.6 Å². The van der Waals surface area contributed by atoms with Crippen molar-refractivity contribution in [2.24, 2.45) is 5.92 Å². The Bertz CT molecular complexity index is 427. The smallest absolute Gasteiger partial charge is 0.0971 e. The molecule has 1 saturated carbocycles. The monoisotopic (exact) mass is 313 g/mol. The van der Waals surface area contributed by atoms with Crippen LogP contribution >= 0.6 is 11.6 Å². The van der Waals surface area contributed by atoms with Gasteiger partial charge in [0.15, 0.2) is 0 Å². The van der Waals surface area contributed by atoms with Gasteiger partial charge in [-0.2, -0.15) is 5.10 Å². The molecule has 0 saturated heterocycles. The van der Waals surface area contributed by atoms with Crippen LogP contribution in [-0.4, -0.2) is 40.4 Å². The minimum absolute atomic E-state index is 0.496. The van der Waals surface area contributed by atoms with Gasteiger partial charge < -0.3 is 10.0 Å². The van der Waals surface area contributed by atoms with Crippen molar-refractivity contribution in [1.29, 1.82) is 0 Å². The zero-order chi connectivity index (χ0) is 15.2. The van der Waals surface area contributed by atoms with Crippen LogP contribution in [-0.2, 0) is 6.54 Å². The zero-order valence-electron chi connectivity index (χ0n) is 13.3.